The number of cyclic esters (lactones) is 2. The fraction of sp³-hybridized carbons (Fsp3) is 0.206. The molecular formula is C34H24O22. The van der Waals surface area contributed by atoms with Crippen molar-refractivity contribution in [1.82, 2.24) is 0 Å². The highest BCUT2D eigenvalue weighted by atomic mass is 16.6. The molecular weight excluding hydrogens is 760 g/mol. The van der Waals surface area contributed by atoms with Crippen LogP contribution in [-0.4, -0.2) is 128 Å². The summed E-state index contributed by atoms with van der Waals surface area (Å²) < 4.78 is 20.8. The average molecular weight is 785 g/mol. The maximum absolute atomic E-state index is 13.9. The molecule has 22 nitrogen and oxygen atoms in total. The zero-order valence-corrected chi connectivity index (χ0v) is 27.4. The van der Waals surface area contributed by atoms with Crippen molar-refractivity contribution in [3.8, 4) is 62.9 Å². The largest absolute Gasteiger partial charge is 0.504 e. The lowest BCUT2D eigenvalue weighted by Crippen LogP contribution is -2.49. The number of rotatable bonds is 3. The Morgan fingerprint density at radius 3 is 1.82 bits per heavy atom. The molecule has 0 amide bonds. The van der Waals surface area contributed by atoms with Gasteiger partial charge in [0.2, 0.25) is 17.2 Å². The molecule has 292 valence electrons. The Labute approximate surface area is 308 Å². The van der Waals surface area contributed by atoms with E-state index in [9.17, 15) is 90.4 Å². The highest BCUT2D eigenvalue weighted by molar-refractivity contribution is 6.13. The highest BCUT2D eigenvalue weighted by Crippen LogP contribution is 2.64. The van der Waals surface area contributed by atoms with E-state index in [1.165, 1.54) is 0 Å². The Bertz CT molecular complexity index is 2420. The maximum Gasteiger partial charge on any atom is 0.344 e. The predicted octanol–water partition coefficient (Wildman–Crippen LogP) is -0.483. The van der Waals surface area contributed by atoms with E-state index in [2.05, 4.69) is 0 Å². The number of phenolic OH excluding ortho intramolecular Hbond substituents is 8. The molecule has 0 aromatic heterocycles. The van der Waals surface area contributed by atoms with Crippen molar-refractivity contribution >= 4 is 35.7 Å². The van der Waals surface area contributed by atoms with Crippen LogP contribution >= 0.6 is 0 Å². The summed E-state index contributed by atoms with van der Waals surface area (Å²) in [4.78, 5) is 66.6. The number of esters is 4. The number of aldehydes is 1. The van der Waals surface area contributed by atoms with Gasteiger partial charge in [0.25, 0.3) is 0 Å². The lowest BCUT2D eigenvalue weighted by Gasteiger charge is -2.41. The topological polar surface area (TPSA) is 385 Å². The van der Waals surface area contributed by atoms with Crippen LogP contribution in [0.4, 0.5) is 0 Å². The summed E-state index contributed by atoms with van der Waals surface area (Å²) in [5, 5.41) is 141. The van der Waals surface area contributed by atoms with E-state index in [1.807, 2.05) is 0 Å². The lowest BCUT2D eigenvalue weighted by molar-refractivity contribution is -0.139. The lowest BCUT2D eigenvalue weighted by atomic mass is 9.68. The van der Waals surface area contributed by atoms with Gasteiger partial charge in [-0.25, -0.2) is 14.4 Å². The zero-order valence-electron chi connectivity index (χ0n) is 27.4. The smallest absolute Gasteiger partial charge is 0.344 e. The number of benzene rings is 3. The summed E-state index contributed by atoms with van der Waals surface area (Å²) in [6.45, 7) is -1.38. The number of fused-ring (bicyclic) bond motifs is 4. The first kappa shape index (κ1) is 36.9. The zero-order chi connectivity index (χ0) is 41.0. The second-order valence-electron chi connectivity index (χ2n) is 12.6. The molecule has 3 aromatic rings. The first-order valence-electron chi connectivity index (χ1n) is 15.7. The summed E-state index contributed by atoms with van der Waals surface area (Å²) in [7, 11) is 0. The second kappa shape index (κ2) is 12.6. The number of aromatic hydroxyl groups is 8. The fourth-order valence-corrected chi connectivity index (χ4v) is 6.99. The summed E-state index contributed by atoms with van der Waals surface area (Å²) in [6.07, 6.45) is -10.3. The van der Waals surface area contributed by atoms with Crippen LogP contribution in [0.25, 0.3) is 16.7 Å². The van der Waals surface area contributed by atoms with Crippen molar-refractivity contribution in [2.75, 3.05) is 6.61 Å². The molecule has 3 aromatic carbocycles. The van der Waals surface area contributed by atoms with Crippen LogP contribution in [0.2, 0.25) is 0 Å². The van der Waals surface area contributed by atoms with Gasteiger partial charge in [0, 0.05) is 27.8 Å². The van der Waals surface area contributed by atoms with E-state index in [0.717, 1.165) is 0 Å². The van der Waals surface area contributed by atoms with Gasteiger partial charge in [0.15, 0.2) is 64.2 Å². The Balaban J connectivity index is 1.64. The molecule has 0 fully saturated rings. The Morgan fingerprint density at radius 1 is 0.643 bits per heavy atom. The van der Waals surface area contributed by atoms with Crippen LogP contribution in [-0.2, 0) is 23.8 Å². The molecule has 6 unspecified atom stereocenters. The first-order valence-corrected chi connectivity index (χ1v) is 15.7. The Kier molecular flexibility index (Phi) is 8.29. The van der Waals surface area contributed by atoms with Crippen LogP contribution in [0.15, 0.2) is 29.4 Å². The third-order valence-electron chi connectivity index (χ3n) is 9.56. The molecule has 0 saturated heterocycles. The van der Waals surface area contributed by atoms with Crippen molar-refractivity contribution in [2.45, 2.75) is 30.3 Å². The minimum Gasteiger partial charge on any atom is -0.504 e. The number of hydrogen-bond donors (Lipinski definition) is 13. The number of phenols is 8. The molecule has 3 heterocycles. The third-order valence-corrected chi connectivity index (χ3v) is 9.56. The van der Waals surface area contributed by atoms with Gasteiger partial charge in [-0.05, 0) is 12.1 Å². The van der Waals surface area contributed by atoms with Gasteiger partial charge in [-0.1, -0.05) is 0 Å². The van der Waals surface area contributed by atoms with E-state index in [4.69, 9.17) is 18.9 Å². The van der Waals surface area contributed by atoms with Crippen molar-refractivity contribution in [2.24, 2.45) is 5.92 Å². The molecule has 1 aliphatic carbocycles. The molecule has 22 heteroatoms. The van der Waals surface area contributed by atoms with Gasteiger partial charge in [-0.15, -0.1) is 0 Å². The number of ether oxygens (including phenoxy) is 4. The van der Waals surface area contributed by atoms with E-state index in [1.54, 1.807) is 0 Å². The minimum atomic E-state index is -2.57. The number of hydrogen-bond acceptors (Lipinski definition) is 22. The van der Waals surface area contributed by atoms with E-state index < -0.39 is 180 Å². The van der Waals surface area contributed by atoms with Gasteiger partial charge < -0.3 is 90.1 Å². The van der Waals surface area contributed by atoms with Crippen molar-refractivity contribution < 1.29 is 109 Å². The molecule has 0 saturated carbocycles. The van der Waals surface area contributed by atoms with Crippen LogP contribution in [0.1, 0.15) is 48.1 Å². The monoisotopic (exact) mass is 784 g/mol. The fourth-order valence-electron chi connectivity index (χ4n) is 6.99. The summed E-state index contributed by atoms with van der Waals surface area (Å²) in [6, 6.07) is 0.794. The maximum atomic E-state index is 13.9. The number of carbonyl (C=O) groups is 5. The summed E-state index contributed by atoms with van der Waals surface area (Å²) >= 11 is 0. The van der Waals surface area contributed by atoms with Gasteiger partial charge >= 0.3 is 23.9 Å². The molecule has 0 spiro atoms. The minimum absolute atomic E-state index is 0.267. The number of aliphatic hydroxyl groups excluding tert-OH is 5. The van der Waals surface area contributed by atoms with Crippen LogP contribution in [0.3, 0.4) is 0 Å². The van der Waals surface area contributed by atoms with Crippen LogP contribution in [0.5, 0.6) is 51.7 Å². The van der Waals surface area contributed by atoms with Crippen molar-refractivity contribution in [1.29, 1.82) is 0 Å². The summed E-state index contributed by atoms with van der Waals surface area (Å²) in [5.41, 5.74) is -8.27. The second-order valence-corrected chi connectivity index (χ2v) is 12.6. The Morgan fingerprint density at radius 2 is 1.21 bits per heavy atom. The molecule has 13 N–H and O–H groups in total. The van der Waals surface area contributed by atoms with Crippen LogP contribution < -0.4 is 4.74 Å². The SMILES string of the molecule is O=CC(O)C(O)C1OC(=O)c2cc(O)c(O)c(O)c2C2=C(O)C(O)=C3OC(=O)c4c(c(O)c(O)c5c4C3C2C(=O)O5)-c2c(cc(O)c(O)c2O)C(=O)OCC1O. The van der Waals surface area contributed by atoms with Crippen molar-refractivity contribution in [3.63, 3.8) is 0 Å². The van der Waals surface area contributed by atoms with Gasteiger partial charge in [0.05, 0.1) is 22.6 Å². The molecule has 56 heavy (non-hydrogen) atoms. The first-order chi connectivity index (χ1) is 26.3. The standard InChI is InChI=1S/C34H24O22/c35-3-9(38)21(42)28-10(39)4-53-31(49)5-1-7(36)19(40)22(43)11(5)13-17-15-16-18(34(52)56-29(15)26(47)24(13)45)14(25(46)27(48)30(16)55-33(17)51)12-6(32(50)54-28)2-8(37)20(41)23(12)44/h1-3,9-10,16,18,21,28,36-48H,4H2. The summed E-state index contributed by atoms with van der Waals surface area (Å²) in [5.74, 6) is -26.9. The Hall–Kier alpha value is -7.43. The van der Waals surface area contributed by atoms with Gasteiger partial charge in [-0.3, -0.25) is 4.79 Å². The van der Waals surface area contributed by atoms with E-state index >= 15 is 0 Å². The predicted molar refractivity (Wildman–Crippen MR) is 172 cm³/mol. The molecule has 6 atom stereocenters. The quantitative estimate of drug-likeness (QED) is 0.0524. The normalized spacial score (nSPS) is 22.6. The van der Waals surface area contributed by atoms with E-state index in [0.29, 0.717) is 12.1 Å². The molecule has 0 radical (unpaired) electrons. The molecule has 4 aliphatic rings. The molecule has 7 rings (SSSR count). The number of aliphatic hydroxyl groups is 5. The van der Waals surface area contributed by atoms with Crippen LogP contribution in [0, 0.1) is 5.92 Å². The third kappa shape index (κ3) is 4.96. The average Bonchev–Trinajstić information content (AvgIpc) is 3.16. The van der Waals surface area contributed by atoms with E-state index in [-0.39, 0.29) is 6.29 Å². The molecule has 6 bridgehead atoms. The number of carbonyl (C=O) groups excluding carboxylic acids is 5. The highest BCUT2D eigenvalue weighted by Gasteiger charge is 2.57. The van der Waals surface area contributed by atoms with Gasteiger partial charge in [0.1, 0.15) is 30.8 Å². The van der Waals surface area contributed by atoms with Crippen molar-refractivity contribution in [3.05, 3.63) is 57.2 Å². The molecule has 3 aliphatic heterocycles. The number of allylic oxidation sites excluding steroid dienone is 1. The van der Waals surface area contributed by atoms with Gasteiger partial charge in [-0.2, -0.15) is 0 Å².